The lowest BCUT2D eigenvalue weighted by Gasteiger charge is -2.16. The van der Waals surface area contributed by atoms with Crippen LogP contribution in [0.5, 0.6) is 11.5 Å². The molecule has 186 valence electrons. The van der Waals surface area contributed by atoms with Crippen molar-refractivity contribution in [2.75, 3.05) is 27.4 Å². The molecule has 0 saturated carbocycles. The monoisotopic (exact) mass is 570 g/mol. The zero-order valence-corrected chi connectivity index (χ0v) is 21.2. The lowest BCUT2D eigenvalue weighted by Crippen LogP contribution is -2.30. The zero-order chi connectivity index (χ0) is 25.7. The van der Waals surface area contributed by atoms with E-state index in [2.05, 4.69) is 30.7 Å². The summed E-state index contributed by atoms with van der Waals surface area (Å²) in [5, 5.41) is 2.58. The van der Waals surface area contributed by atoms with Gasteiger partial charge in [0.1, 0.15) is 16.5 Å². The van der Waals surface area contributed by atoms with Crippen molar-refractivity contribution in [2.45, 2.75) is 13.5 Å². The van der Waals surface area contributed by atoms with E-state index in [9.17, 15) is 19.2 Å². The van der Waals surface area contributed by atoms with Crippen LogP contribution in [0.3, 0.4) is 0 Å². The summed E-state index contributed by atoms with van der Waals surface area (Å²) in [6.07, 6.45) is 1.41. The Kier molecular flexibility index (Phi) is 8.41. The number of halogens is 2. The summed E-state index contributed by atoms with van der Waals surface area (Å²) in [5.41, 5.74) is 0.373. The maximum absolute atomic E-state index is 12.9. The molecule has 1 saturated heterocycles. The molecule has 0 aliphatic carbocycles. The predicted molar refractivity (Wildman–Crippen MR) is 125 cm³/mol. The molecule has 11 nitrogen and oxygen atoms in total. The molecular formula is C22H20BrClN2O9. The molecule has 3 rings (SSSR count). The smallest absolute Gasteiger partial charge is 0.373 e. The topological polar surface area (TPSA) is 134 Å². The van der Waals surface area contributed by atoms with Crippen LogP contribution in [0.2, 0.25) is 5.02 Å². The fraction of sp³-hybridized carbons (Fsp3) is 0.273. The normalized spacial score (nSPS) is 14.2. The molecule has 2 heterocycles. The van der Waals surface area contributed by atoms with Gasteiger partial charge in [0, 0.05) is 4.47 Å². The van der Waals surface area contributed by atoms with Gasteiger partial charge in [-0.25, -0.2) is 14.4 Å². The molecule has 2 aromatic rings. The molecule has 1 aromatic carbocycles. The molecule has 1 fully saturated rings. The second kappa shape index (κ2) is 11.3. The largest absolute Gasteiger partial charge is 0.490 e. The minimum Gasteiger partial charge on any atom is -0.490 e. The molecule has 13 heteroatoms. The Balaban J connectivity index is 1.87. The third-order valence-electron chi connectivity index (χ3n) is 4.64. The lowest BCUT2D eigenvalue weighted by molar-refractivity contribution is -0.143. The van der Waals surface area contributed by atoms with E-state index in [1.54, 1.807) is 6.92 Å². The number of amides is 3. The van der Waals surface area contributed by atoms with Crippen molar-refractivity contribution in [3.63, 3.8) is 0 Å². The van der Waals surface area contributed by atoms with Crippen LogP contribution in [0.4, 0.5) is 4.79 Å². The summed E-state index contributed by atoms with van der Waals surface area (Å²) in [6, 6.07) is 3.71. The first-order chi connectivity index (χ1) is 16.7. The van der Waals surface area contributed by atoms with Crippen LogP contribution >= 0.6 is 27.5 Å². The fourth-order valence-electron chi connectivity index (χ4n) is 3.00. The number of hydrogen-bond donors (Lipinski definition) is 1. The quantitative estimate of drug-likeness (QED) is 0.273. The van der Waals surface area contributed by atoms with Crippen LogP contribution in [0.1, 0.15) is 28.8 Å². The first-order valence-corrected chi connectivity index (χ1v) is 11.2. The molecule has 0 radical (unpaired) electrons. The van der Waals surface area contributed by atoms with E-state index >= 15 is 0 Å². The maximum Gasteiger partial charge on any atom is 0.373 e. The Morgan fingerprint density at radius 2 is 1.94 bits per heavy atom. The van der Waals surface area contributed by atoms with E-state index in [0.29, 0.717) is 10.0 Å². The average Bonchev–Trinajstić information content (AvgIpc) is 3.42. The molecule has 0 unspecified atom stereocenters. The van der Waals surface area contributed by atoms with Gasteiger partial charge < -0.3 is 28.7 Å². The molecule has 0 atom stereocenters. The number of nitrogens with one attached hydrogen (secondary N) is 1. The number of carbonyl (C=O) groups excluding carboxylic acids is 4. The minimum absolute atomic E-state index is 0.0304. The molecular weight excluding hydrogens is 552 g/mol. The summed E-state index contributed by atoms with van der Waals surface area (Å²) in [4.78, 5) is 49.3. The number of ether oxygens (including phenoxy) is 4. The summed E-state index contributed by atoms with van der Waals surface area (Å²) in [6.45, 7) is 1.42. The van der Waals surface area contributed by atoms with Gasteiger partial charge in [0.25, 0.3) is 5.91 Å². The van der Waals surface area contributed by atoms with Gasteiger partial charge in [0.05, 0.1) is 27.4 Å². The zero-order valence-electron chi connectivity index (χ0n) is 18.8. The SMILES string of the molecule is CCOc1cc(/C=C2\NC(=O)N(Cc3ccc(C(=O)OC)o3)C2=O)c(Br)c(Cl)c1OCC(=O)OC. The van der Waals surface area contributed by atoms with Crippen molar-refractivity contribution in [3.8, 4) is 11.5 Å². The minimum atomic E-state index is -0.681. The van der Waals surface area contributed by atoms with E-state index in [-0.39, 0.29) is 46.9 Å². The lowest BCUT2D eigenvalue weighted by atomic mass is 10.1. The number of rotatable bonds is 9. The Labute approximate surface area is 213 Å². The highest BCUT2D eigenvalue weighted by Crippen LogP contribution is 2.43. The van der Waals surface area contributed by atoms with Crippen LogP contribution in [-0.2, 0) is 25.6 Å². The number of furan rings is 1. The number of urea groups is 1. The summed E-state index contributed by atoms with van der Waals surface area (Å²) < 4.78 is 25.8. The fourth-order valence-corrected chi connectivity index (χ4v) is 3.66. The van der Waals surface area contributed by atoms with Crippen molar-refractivity contribution < 1.29 is 42.5 Å². The van der Waals surface area contributed by atoms with E-state index in [1.807, 2.05) is 0 Å². The maximum atomic E-state index is 12.9. The number of esters is 2. The highest BCUT2D eigenvalue weighted by Gasteiger charge is 2.35. The number of benzene rings is 1. The molecule has 1 N–H and O–H groups in total. The Hall–Kier alpha value is -3.51. The summed E-state index contributed by atoms with van der Waals surface area (Å²) >= 11 is 9.78. The summed E-state index contributed by atoms with van der Waals surface area (Å²) in [7, 11) is 2.43. The van der Waals surface area contributed by atoms with E-state index in [4.69, 9.17) is 25.5 Å². The number of hydrogen-bond acceptors (Lipinski definition) is 9. The van der Waals surface area contributed by atoms with Crippen LogP contribution in [0.15, 0.2) is 32.8 Å². The van der Waals surface area contributed by atoms with Crippen LogP contribution in [0, 0.1) is 0 Å². The van der Waals surface area contributed by atoms with Crippen molar-refractivity contribution in [1.82, 2.24) is 10.2 Å². The highest BCUT2D eigenvalue weighted by atomic mass is 79.9. The van der Waals surface area contributed by atoms with Gasteiger partial charge in [0.2, 0.25) is 5.76 Å². The second-order valence-corrected chi connectivity index (χ2v) is 8.03. The Bertz CT molecular complexity index is 1210. The van der Waals surface area contributed by atoms with Gasteiger partial charge in [-0.3, -0.25) is 9.69 Å². The molecule has 1 aliphatic rings. The van der Waals surface area contributed by atoms with Crippen LogP contribution in [-0.4, -0.2) is 56.2 Å². The van der Waals surface area contributed by atoms with Crippen molar-refractivity contribution in [1.29, 1.82) is 0 Å². The third kappa shape index (κ3) is 5.77. The van der Waals surface area contributed by atoms with E-state index in [0.717, 1.165) is 4.90 Å². The first-order valence-electron chi connectivity index (χ1n) is 10.1. The molecule has 1 aromatic heterocycles. The Morgan fingerprint density at radius 1 is 1.20 bits per heavy atom. The van der Waals surface area contributed by atoms with Crippen LogP contribution < -0.4 is 14.8 Å². The second-order valence-electron chi connectivity index (χ2n) is 6.86. The van der Waals surface area contributed by atoms with Gasteiger partial charge in [-0.1, -0.05) is 11.6 Å². The van der Waals surface area contributed by atoms with Crippen molar-refractivity contribution >= 4 is 57.5 Å². The molecule has 1 aliphatic heterocycles. The highest BCUT2D eigenvalue weighted by molar-refractivity contribution is 9.10. The Morgan fingerprint density at radius 3 is 2.60 bits per heavy atom. The molecule has 35 heavy (non-hydrogen) atoms. The molecule has 3 amide bonds. The molecule has 0 bridgehead atoms. The van der Waals surface area contributed by atoms with Gasteiger partial charge in [-0.05, 0) is 52.7 Å². The van der Waals surface area contributed by atoms with Gasteiger partial charge in [-0.15, -0.1) is 0 Å². The predicted octanol–water partition coefficient (Wildman–Crippen LogP) is 3.53. The van der Waals surface area contributed by atoms with Crippen LogP contribution in [0.25, 0.3) is 6.08 Å². The average molecular weight is 572 g/mol. The number of carbonyl (C=O) groups is 4. The number of imide groups is 1. The molecule has 0 spiro atoms. The van der Waals surface area contributed by atoms with Gasteiger partial charge >= 0.3 is 18.0 Å². The first kappa shape index (κ1) is 26.1. The standard InChI is InChI=1S/C22H20BrClN2O9/c1-4-33-15-8-11(17(23)18(24)19(15)34-10-16(27)31-2)7-13-20(28)26(22(30)25-13)9-12-5-6-14(35-12)21(29)32-3/h5-8H,4,9-10H2,1-3H3,(H,25,30)/b13-7-. The van der Waals surface area contributed by atoms with Gasteiger partial charge in [-0.2, -0.15) is 0 Å². The third-order valence-corrected chi connectivity index (χ3v) is 6.09. The van der Waals surface area contributed by atoms with E-state index in [1.165, 1.54) is 38.5 Å². The van der Waals surface area contributed by atoms with Crippen molar-refractivity contribution in [2.24, 2.45) is 0 Å². The van der Waals surface area contributed by atoms with Gasteiger partial charge in [0.15, 0.2) is 18.1 Å². The van der Waals surface area contributed by atoms with Crippen molar-refractivity contribution in [3.05, 3.63) is 50.5 Å². The number of methoxy groups -OCH3 is 2. The number of nitrogens with zero attached hydrogens (tertiary/aromatic N) is 1. The summed E-state index contributed by atoms with van der Waals surface area (Å²) in [5.74, 6) is -1.43. The van der Waals surface area contributed by atoms with E-state index < -0.39 is 30.5 Å².